The quantitative estimate of drug-likeness (QED) is 0.274. The Kier molecular flexibility index (Phi) is 7.19. The van der Waals surface area contributed by atoms with Gasteiger partial charge in [0.15, 0.2) is 5.79 Å². The Bertz CT molecular complexity index is 1250. The average molecular weight is 487 g/mol. The van der Waals surface area contributed by atoms with E-state index in [1.165, 1.54) is 45.1 Å². The Morgan fingerprint density at radius 1 is 1.09 bits per heavy atom. The van der Waals surface area contributed by atoms with Crippen LogP contribution in [-0.4, -0.2) is 35.5 Å². The number of aliphatic hydroxyl groups is 2. The highest BCUT2D eigenvalue weighted by Crippen LogP contribution is 2.38. The summed E-state index contributed by atoms with van der Waals surface area (Å²) < 4.78 is 2.34. The molecule has 1 aliphatic carbocycles. The average Bonchev–Trinajstić information content (AvgIpc) is 3.38. The number of benzene rings is 1. The Morgan fingerprint density at radius 2 is 1.88 bits per heavy atom. The first-order valence-corrected chi connectivity index (χ1v) is 11.9. The van der Waals surface area contributed by atoms with E-state index >= 15 is 0 Å². The van der Waals surface area contributed by atoms with Crippen LogP contribution < -0.4 is 0 Å². The van der Waals surface area contributed by atoms with E-state index < -0.39 is 5.79 Å². The number of nitrogens with zero attached hydrogens (tertiary/aromatic N) is 4. The van der Waals surface area contributed by atoms with Gasteiger partial charge in [-0.25, -0.2) is 15.0 Å². The number of hydrogen-bond acceptors (Lipinski definition) is 5. The van der Waals surface area contributed by atoms with Crippen LogP contribution in [0.25, 0.3) is 21.9 Å². The van der Waals surface area contributed by atoms with Crippen LogP contribution in [-0.2, 0) is 6.42 Å². The highest BCUT2D eigenvalue weighted by molar-refractivity contribution is 6.41. The van der Waals surface area contributed by atoms with Crippen LogP contribution in [0.4, 0.5) is 0 Å². The van der Waals surface area contributed by atoms with Crippen molar-refractivity contribution in [1.82, 2.24) is 19.5 Å². The summed E-state index contributed by atoms with van der Waals surface area (Å²) in [5.74, 6) is -0.762. The third-order valence-electron chi connectivity index (χ3n) is 5.92. The van der Waals surface area contributed by atoms with Gasteiger partial charge in [-0.2, -0.15) is 0 Å². The number of aryl methyl sites for hydroxylation is 1. The molecule has 1 aliphatic rings. The van der Waals surface area contributed by atoms with Crippen LogP contribution in [0.1, 0.15) is 51.1 Å². The zero-order chi connectivity index (χ0) is 23.6. The molecule has 0 bridgehead atoms. The summed E-state index contributed by atoms with van der Waals surface area (Å²) in [4.78, 5) is 13.0. The van der Waals surface area contributed by atoms with Crippen LogP contribution in [0.3, 0.4) is 0 Å². The van der Waals surface area contributed by atoms with Gasteiger partial charge in [-0.05, 0) is 75.6 Å². The van der Waals surface area contributed by atoms with Crippen molar-refractivity contribution in [2.45, 2.75) is 57.8 Å². The number of fused-ring (bicyclic) bond motifs is 2. The smallest absolute Gasteiger partial charge is 0.156 e. The van der Waals surface area contributed by atoms with Gasteiger partial charge in [0.1, 0.15) is 17.1 Å². The second-order valence-electron chi connectivity index (χ2n) is 9.18. The molecule has 6 nitrogen and oxygen atoms in total. The molecule has 2 N–H and O–H groups in total. The minimum absolute atomic E-state index is 0.368. The Morgan fingerprint density at radius 3 is 2.67 bits per heavy atom. The Balaban J connectivity index is 0.000000471. The standard InChI is InChI=1S/C22H20Cl2N4.C3H8O2/c23-19-11-16-5-3-15(10-20(16)27-21(19)24)2-1-14-4-6-18(9-14)28-8-7-17-12-25-13-26-22(17)28;1-3(2,4)5/h3,5,7-8,10-14,18H,1-2,4,6,9H2;4-5H,1-2H3. The van der Waals surface area contributed by atoms with Crippen LogP contribution in [0, 0.1) is 5.92 Å². The number of rotatable bonds is 4. The van der Waals surface area contributed by atoms with Gasteiger partial charge in [0.25, 0.3) is 0 Å². The summed E-state index contributed by atoms with van der Waals surface area (Å²) in [6.07, 6.45) is 11.6. The molecule has 0 amide bonds. The molecular formula is C25H28Cl2N4O2. The molecule has 1 aromatic carbocycles. The summed E-state index contributed by atoms with van der Waals surface area (Å²) >= 11 is 12.1. The van der Waals surface area contributed by atoms with E-state index in [1.807, 2.05) is 12.3 Å². The van der Waals surface area contributed by atoms with E-state index in [2.05, 4.69) is 50.0 Å². The largest absolute Gasteiger partial charge is 0.366 e. The van der Waals surface area contributed by atoms with E-state index in [4.69, 9.17) is 33.4 Å². The van der Waals surface area contributed by atoms with Crippen LogP contribution in [0.5, 0.6) is 0 Å². The lowest BCUT2D eigenvalue weighted by Gasteiger charge is -2.14. The molecule has 1 fully saturated rings. The van der Waals surface area contributed by atoms with Gasteiger partial charge in [-0.3, -0.25) is 0 Å². The molecule has 2 unspecified atom stereocenters. The number of pyridine rings is 1. The second kappa shape index (κ2) is 9.94. The van der Waals surface area contributed by atoms with Crippen molar-refractivity contribution in [1.29, 1.82) is 0 Å². The normalized spacial score (nSPS) is 18.5. The van der Waals surface area contributed by atoms with Crippen molar-refractivity contribution in [3.05, 3.63) is 64.8 Å². The van der Waals surface area contributed by atoms with Gasteiger partial charge >= 0.3 is 0 Å². The van der Waals surface area contributed by atoms with Gasteiger partial charge in [-0.1, -0.05) is 35.3 Å². The lowest BCUT2D eigenvalue weighted by Crippen LogP contribution is -2.15. The summed E-state index contributed by atoms with van der Waals surface area (Å²) in [6, 6.07) is 10.9. The Hall–Kier alpha value is -2.25. The van der Waals surface area contributed by atoms with Crippen molar-refractivity contribution >= 4 is 45.1 Å². The van der Waals surface area contributed by atoms with Crippen LogP contribution in [0.2, 0.25) is 10.2 Å². The van der Waals surface area contributed by atoms with E-state index in [-0.39, 0.29) is 0 Å². The molecular weight excluding hydrogens is 459 g/mol. The molecule has 0 saturated heterocycles. The predicted molar refractivity (Wildman–Crippen MR) is 133 cm³/mol. The summed E-state index contributed by atoms with van der Waals surface area (Å²) in [6.45, 7) is 2.60. The summed E-state index contributed by atoms with van der Waals surface area (Å²) in [5.41, 5.74) is 3.27. The van der Waals surface area contributed by atoms with Crippen LogP contribution in [0.15, 0.2) is 49.1 Å². The molecule has 0 spiro atoms. The Labute approximate surface area is 203 Å². The second-order valence-corrected chi connectivity index (χ2v) is 9.94. The van der Waals surface area contributed by atoms with E-state index in [0.29, 0.717) is 16.2 Å². The van der Waals surface area contributed by atoms with E-state index in [9.17, 15) is 0 Å². The zero-order valence-corrected chi connectivity index (χ0v) is 20.3. The van der Waals surface area contributed by atoms with Crippen molar-refractivity contribution in [2.75, 3.05) is 0 Å². The fourth-order valence-electron chi connectivity index (χ4n) is 4.45. The fourth-order valence-corrected chi connectivity index (χ4v) is 4.75. The molecule has 3 heterocycles. The zero-order valence-electron chi connectivity index (χ0n) is 18.7. The third-order valence-corrected chi connectivity index (χ3v) is 6.59. The van der Waals surface area contributed by atoms with Crippen molar-refractivity contribution < 1.29 is 10.2 Å². The van der Waals surface area contributed by atoms with Gasteiger partial charge in [0, 0.05) is 29.2 Å². The molecule has 8 heteroatoms. The first-order chi connectivity index (χ1) is 15.7. The topological polar surface area (TPSA) is 84.1 Å². The molecule has 174 valence electrons. The van der Waals surface area contributed by atoms with Gasteiger partial charge in [0.2, 0.25) is 0 Å². The van der Waals surface area contributed by atoms with Gasteiger partial charge in [-0.15, -0.1) is 0 Å². The minimum atomic E-state index is -1.50. The van der Waals surface area contributed by atoms with E-state index in [0.717, 1.165) is 34.3 Å². The predicted octanol–water partition coefficient (Wildman–Crippen LogP) is 5.97. The van der Waals surface area contributed by atoms with E-state index in [1.54, 1.807) is 6.33 Å². The van der Waals surface area contributed by atoms with Crippen molar-refractivity contribution in [3.63, 3.8) is 0 Å². The first-order valence-electron chi connectivity index (χ1n) is 11.1. The van der Waals surface area contributed by atoms with Gasteiger partial charge < -0.3 is 14.8 Å². The number of aromatic nitrogens is 4. The lowest BCUT2D eigenvalue weighted by molar-refractivity contribution is -0.127. The van der Waals surface area contributed by atoms with Crippen molar-refractivity contribution in [3.8, 4) is 0 Å². The molecule has 0 aliphatic heterocycles. The van der Waals surface area contributed by atoms with Crippen LogP contribution >= 0.6 is 23.2 Å². The van der Waals surface area contributed by atoms with Gasteiger partial charge in [0.05, 0.1) is 10.5 Å². The lowest BCUT2D eigenvalue weighted by atomic mass is 9.97. The molecule has 33 heavy (non-hydrogen) atoms. The molecule has 5 rings (SSSR count). The van der Waals surface area contributed by atoms with Crippen molar-refractivity contribution in [2.24, 2.45) is 5.92 Å². The number of halogens is 2. The highest BCUT2D eigenvalue weighted by atomic mass is 35.5. The maximum absolute atomic E-state index is 8.08. The molecule has 4 aromatic rings. The SMILES string of the molecule is CC(C)(O)O.Clc1cc2ccc(CCC3CCC(n4ccc5cncnc54)C3)cc2nc1Cl. The number of hydrogen-bond donors (Lipinski definition) is 2. The first kappa shape index (κ1) is 23.9. The highest BCUT2D eigenvalue weighted by Gasteiger charge is 2.26. The molecule has 1 saturated carbocycles. The monoisotopic (exact) mass is 486 g/mol. The summed E-state index contributed by atoms with van der Waals surface area (Å²) in [5, 5.41) is 19.2. The molecule has 2 atom stereocenters. The molecule has 0 radical (unpaired) electrons. The summed E-state index contributed by atoms with van der Waals surface area (Å²) in [7, 11) is 0. The fraction of sp³-hybridized carbons (Fsp3) is 0.400. The molecule has 3 aromatic heterocycles. The maximum atomic E-state index is 8.08. The third kappa shape index (κ3) is 6.21. The minimum Gasteiger partial charge on any atom is -0.366 e. The maximum Gasteiger partial charge on any atom is 0.156 e.